The number of hydrogen-bond acceptors (Lipinski definition) is 1. The molecule has 0 bridgehead atoms. The average Bonchev–Trinajstić information content (AvgIpc) is 3.75. The van der Waals surface area contributed by atoms with Crippen LogP contribution in [0, 0.1) is 0 Å². The molecule has 0 N–H and O–H groups in total. The summed E-state index contributed by atoms with van der Waals surface area (Å²) in [6.45, 7) is 0. The predicted octanol–water partition coefficient (Wildman–Crippen LogP) is 13.6. The van der Waals surface area contributed by atoms with Crippen LogP contribution in [0.3, 0.4) is 0 Å². The van der Waals surface area contributed by atoms with Crippen LogP contribution in [0.4, 0.5) is 0 Å². The van der Waals surface area contributed by atoms with E-state index in [-0.39, 0.29) is 0 Å². The molecule has 0 saturated heterocycles. The van der Waals surface area contributed by atoms with Crippen molar-refractivity contribution in [3.05, 3.63) is 216 Å². The Balaban J connectivity index is 1.39. The molecule has 9 aromatic carbocycles. The van der Waals surface area contributed by atoms with Gasteiger partial charge in [-0.15, -0.1) is 0 Å². The van der Waals surface area contributed by atoms with Crippen LogP contribution in [0.2, 0.25) is 0 Å². The van der Waals surface area contributed by atoms with Crippen molar-refractivity contribution in [2.75, 3.05) is 0 Å². The van der Waals surface area contributed by atoms with E-state index in [0.717, 1.165) is 21.9 Å². The third-order valence-corrected chi connectivity index (χ3v) is 11.3. The fourth-order valence-corrected chi connectivity index (χ4v) is 9.33. The zero-order valence-electron chi connectivity index (χ0n) is 28.4. The van der Waals surface area contributed by atoms with Gasteiger partial charge in [0.05, 0.1) is 5.41 Å². The Kier molecular flexibility index (Phi) is 6.23. The Morgan fingerprint density at radius 1 is 0.346 bits per heavy atom. The van der Waals surface area contributed by atoms with E-state index >= 15 is 0 Å². The van der Waals surface area contributed by atoms with Crippen molar-refractivity contribution < 1.29 is 4.42 Å². The van der Waals surface area contributed by atoms with Crippen molar-refractivity contribution in [1.29, 1.82) is 0 Å². The maximum atomic E-state index is 7.10. The van der Waals surface area contributed by atoms with Gasteiger partial charge in [0.2, 0.25) is 0 Å². The van der Waals surface area contributed by atoms with E-state index < -0.39 is 5.41 Å². The molecule has 0 aliphatic heterocycles. The maximum Gasteiger partial charge on any atom is 0.144 e. The van der Waals surface area contributed by atoms with Crippen LogP contribution in [0.5, 0.6) is 0 Å². The molecule has 0 radical (unpaired) electrons. The van der Waals surface area contributed by atoms with Gasteiger partial charge in [0, 0.05) is 16.3 Å². The average molecular weight is 661 g/mol. The highest BCUT2D eigenvalue weighted by Gasteiger charge is 2.48. The first kappa shape index (κ1) is 29.1. The van der Waals surface area contributed by atoms with Crippen LogP contribution in [0.1, 0.15) is 22.3 Å². The summed E-state index contributed by atoms with van der Waals surface area (Å²) in [4.78, 5) is 0. The van der Waals surface area contributed by atoms with Gasteiger partial charge in [0.15, 0.2) is 0 Å². The third kappa shape index (κ3) is 3.88. The molecular formula is C51H32O. The molecule has 0 amide bonds. The Morgan fingerprint density at radius 2 is 0.827 bits per heavy atom. The minimum absolute atomic E-state index is 0.564. The Hall–Kier alpha value is -6.70. The lowest BCUT2D eigenvalue weighted by Gasteiger charge is -2.34. The van der Waals surface area contributed by atoms with Gasteiger partial charge in [-0.05, 0) is 83.7 Å². The Morgan fingerprint density at radius 3 is 1.44 bits per heavy atom. The van der Waals surface area contributed by atoms with Crippen LogP contribution in [0.15, 0.2) is 199 Å². The van der Waals surface area contributed by atoms with Crippen LogP contribution >= 0.6 is 0 Å². The molecule has 0 fully saturated rings. The van der Waals surface area contributed by atoms with Gasteiger partial charge in [-0.3, -0.25) is 0 Å². The van der Waals surface area contributed by atoms with Crippen LogP contribution in [0.25, 0.3) is 76.9 Å². The number of hydrogen-bond donors (Lipinski definition) is 0. The first-order chi connectivity index (χ1) is 25.8. The third-order valence-electron chi connectivity index (χ3n) is 11.3. The van der Waals surface area contributed by atoms with Crippen molar-refractivity contribution in [3.63, 3.8) is 0 Å². The fraction of sp³-hybridized carbons (Fsp3) is 0.0196. The zero-order chi connectivity index (χ0) is 34.2. The SMILES string of the molecule is c1ccc(-c2c3ccccc3c(-c3cc4c(c5oc6ccccc6c35)-c3ccccc3C4(c3ccccc3)c3ccccc3)c3ccccc23)cc1. The molecule has 52 heavy (non-hydrogen) atoms. The number of para-hydroxylation sites is 1. The van der Waals surface area contributed by atoms with E-state index in [2.05, 4.69) is 194 Å². The second-order valence-corrected chi connectivity index (χ2v) is 13.9. The quantitative estimate of drug-likeness (QED) is 0.171. The first-order valence-corrected chi connectivity index (χ1v) is 18.0. The summed E-state index contributed by atoms with van der Waals surface area (Å²) < 4.78 is 7.10. The molecule has 11 rings (SSSR count). The monoisotopic (exact) mass is 660 g/mol. The van der Waals surface area contributed by atoms with Gasteiger partial charge >= 0.3 is 0 Å². The highest BCUT2D eigenvalue weighted by Crippen LogP contribution is 2.60. The lowest BCUT2D eigenvalue weighted by Crippen LogP contribution is -2.28. The minimum Gasteiger partial charge on any atom is -0.455 e. The standard InChI is InChI=1S/C51H32O/c1-4-18-33(19-5-1)46-36-24-10-12-26-38(36)47(39-27-13-11-25-37(39)46)42-32-44-49(50-48(42)41-29-15-17-31-45(41)52-50)40-28-14-16-30-43(40)51(44,34-20-6-2-7-21-34)35-22-8-3-9-23-35/h1-32H. The molecule has 1 heteroatoms. The highest BCUT2D eigenvalue weighted by molar-refractivity contribution is 6.27. The van der Waals surface area contributed by atoms with Crippen molar-refractivity contribution in [1.82, 2.24) is 0 Å². The molecule has 1 heterocycles. The molecule has 1 aliphatic carbocycles. The molecule has 0 unspecified atom stereocenters. The summed E-state index contributed by atoms with van der Waals surface area (Å²) in [7, 11) is 0. The Labute approximate surface area is 302 Å². The lowest BCUT2D eigenvalue weighted by atomic mass is 9.67. The Bertz CT molecular complexity index is 2890. The smallest absolute Gasteiger partial charge is 0.144 e. The van der Waals surface area contributed by atoms with Crippen molar-refractivity contribution in [2.45, 2.75) is 5.41 Å². The van der Waals surface area contributed by atoms with Gasteiger partial charge < -0.3 is 4.42 Å². The molecule has 0 saturated carbocycles. The normalized spacial score (nSPS) is 13.2. The summed E-state index contributed by atoms with van der Waals surface area (Å²) in [5.41, 5.74) is 13.6. The molecular weight excluding hydrogens is 629 g/mol. The van der Waals surface area contributed by atoms with Gasteiger partial charge in [-0.25, -0.2) is 0 Å². The largest absolute Gasteiger partial charge is 0.455 e. The maximum absolute atomic E-state index is 7.10. The number of benzene rings is 9. The molecule has 0 atom stereocenters. The molecule has 242 valence electrons. The van der Waals surface area contributed by atoms with E-state index in [9.17, 15) is 0 Å². The highest BCUT2D eigenvalue weighted by atomic mass is 16.3. The minimum atomic E-state index is -0.564. The summed E-state index contributed by atoms with van der Waals surface area (Å²) >= 11 is 0. The predicted molar refractivity (Wildman–Crippen MR) is 217 cm³/mol. The van der Waals surface area contributed by atoms with Crippen molar-refractivity contribution in [2.24, 2.45) is 0 Å². The van der Waals surface area contributed by atoms with Crippen LogP contribution in [-0.2, 0) is 5.41 Å². The van der Waals surface area contributed by atoms with E-state index in [4.69, 9.17) is 4.42 Å². The summed E-state index contributed by atoms with van der Waals surface area (Å²) in [5.74, 6) is 0. The molecule has 0 spiro atoms. The first-order valence-electron chi connectivity index (χ1n) is 18.0. The van der Waals surface area contributed by atoms with Gasteiger partial charge in [-0.1, -0.05) is 182 Å². The number of rotatable bonds is 4. The van der Waals surface area contributed by atoms with Crippen molar-refractivity contribution >= 4 is 43.5 Å². The lowest BCUT2D eigenvalue weighted by molar-refractivity contribution is 0.669. The van der Waals surface area contributed by atoms with Crippen molar-refractivity contribution in [3.8, 4) is 33.4 Å². The van der Waals surface area contributed by atoms with E-state index in [0.29, 0.717) is 0 Å². The van der Waals surface area contributed by atoms with Gasteiger partial charge in [0.25, 0.3) is 0 Å². The van der Waals surface area contributed by atoms with Gasteiger partial charge in [0.1, 0.15) is 11.2 Å². The number of fused-ring (bicyclic) bond motifs is 9. The molecule has 10 aromatic rings. The summed E-state index contributed by atoms with van der Waals surface area (Å²) in [6.07, 6.45) is 0. The second-order valence-electron chi connectivity index (χ2n) is 13.9. The molecule has 1 aliphatic rings. The number of furan rings is 1. The fourth-order valence-electron chi connectivity index (χ4n) is 9.33. The second kappa shape index (κ2) is 11.2. The van der Waals surface area contributed by atoms with Crippen LogP contribution < -0.4 is 0 Å². The summed E-state index contributed by atoms with van der Waals surface area (Å²) in [6, 6.07) is 70.9. The van der Waals surface area contributed by atoms with E-state index in [1.807, 2.05) is 0 Å². The molecule has 1 nitrogen and oxygen atoms in total. The van der Waals surface area contributed by atoms with Gasteiger partial charge in [-0.2, -0.15) is 0 Å². The topological polar surface area (TPSA) is 13.1 Å². The van der Waals surface area contributed by atoms with Crippen LogP contribution in [-0.4, -0.2) is 0 Å². The van der Waals surface area contributed by atoms with E-state index in [1.54, 1.807) is 0 Å². The summed E-state index contributed by atoms with van der Waals surface area (Å²) in [5, 5.41) is 7.22. The van der Waals surface area contributed by atoms with E-state index in [1.165, 1.54) is 77.2 Å². The zero-order valence-corrected chi connectivity index (χ0v) is 28.4. The molecule has 1 aromatic heterocycles.